The second-order valence-corrected chi connectivity index (χ2v) is 21.3. The van der Waals surface area contributed by atoms with Gasteiger partial charge in [-0.25, -0.2) is 28.3 Å². The van der Waals surface area contributed by atoms with E-state index in [1.807, 2.05) is 83.1 Å². The highest BCUT2D eigenvalue weighted by Gasteiger charge is 2.61. The molecule has 5 unspecified atom stereocenters. The van der Waals surface area contributed by atoms with Crippen molar-refractivity contribution in [3.8, 4) is 22.8 Å². The molecule has 18 nitrogen and oxygen atoms in total. The average molecular weight is 1120 g/mol. The fourth-order valence-corrected chi connectivity index (χ4v) is 10.7. The highest BCUT2D eigenvalue weighted by molar-refractivity contribution is 6.01. The largest absolute Gasteiger partial charge is 0.508 e. The Morgan fingerprint density at radius 1 is 0.817 bits per heavy atom. The minimum atomic E-state index is -1.20. The lowest BCUT2D eigenvalue weighted by Gasteiger charge is -2.28. The molecule has 3 aromatic heterocycles. The molecule has 1 spiro atoms. The zero-order valence-electron chi connectivity index (χ0n) is 45.9. The normalized spacial score (nSPS) is 18.3. The van der Waals surface area contributed by atoms with Gasteiger partial charge in [-0.1, -0.05) is 89.2 Å². The predicted octanol–water partition coefficient (Wildman–Crippen LogP) is 10.3. The molecule has 5 N–H and O–H groups in total. The highest BCUT2D eigenvalue weighted by atomic mass is 19.1. The lowest BCUT2D eigenvalue weighted by atomic mass is 9.72. The van der Waals surface area contributed by atoms with Gasteiger partial charge in [-0.3, -0.25) is 14.4 Å². The second-order valence-electron chi connectivity index (χ2n) is 21.3. The summed E-state index contributed by atoms with van der Waals surface area (Å²) < 4.78 is 63.3. The maximum absolute atomic E-state index is 14.7. The molecule has 11 rings (SSSR count). The Morgan fingerprint density at radius 2 is 1.54 bits per heavy atom. The molecule has 5 aromatic carbocycles. The molecule has 6 heterocycles. The van der Waals surface area contributed by atoms with Crippen molar-refractivity contribution in [3.05, 3.63) is 184 Å². The van der Waals surface area contributed by atoms with E-state index in [9.17, 15) is 37.9 Å². The van der Waals surface area contributed by atoms with Crippen LogP contribution in [-0.2, 0) is 53.5 Å². The molecular formula is C62H60F2N6O12. The Balaban J connectivity index is 0.000000189. The third kappa shape index (κ3) is 10.9. The van der Waals surface area contributed by atoms with Gasteiger partial charge in [0.15, 0.2) is 29.1 Å². The number of esters is 3. The predicted molar refractivity (Wildman–Crippen MR) is 294 cm³/mol. The van der Waals surface area contributed by atoms with E-state index in [-0.39, 0.29) is 83.5 Å². The molecule has 82 heavy (non-hydrogen) atoms. The number of nitrogens with zero attached hydrogens (tertiary/aromatic N) is 2. The number of phenolic OH excluding ortho intramolecular Hbond substituents is 1. The molecular weight excluding hydrogens is 1060 g/mol. The lowest BCUT2D eigenvalue weighted by molar-refractivity contribution is -0.148. The topological polar surface area (TPSA) is 246 Å². The number of methoxy groups -OCH3 is 2. The summed E-state index contributed by atoms with van der Waals surface area (Å²) in [7, 11) is 2.48. The molecule has 3 aliphatic rings. The molecule has 6 atom stereocenters. The number of amides is 2. The second kappa shape index (κ2) is 23.0. The summed E-state index contributed by atoms with van der Waals surface area (Å²) in [4.78, 5) is 77.8. The minimum Gasteiger partial charge on any atom is -0.508 e. The van der Waals surface area contributed by atoms with Gasteiger partial charge in [0.2, 0.25) is 23.6 Å². The van der Waals surface area contributed by atoms with Crippen LogP contribution < -0.4 is 20.7 Å². The van der Waals surface area contributed by atoms with Gasteiger partial charge in [0.1, 0.15) is 47.2 Å². The Morgan fingerprint density at radius 3 is 2.26 bits per heavy atom. The van der Waals surface area contributed by atoms with Gasteiger partial charge in [0.05, 0.1) is 26.6 Å². The van der Waals surface area contributed by atoms with Gasteiger partial charge in [0.25, 0.3) is 0 Å². The molecule has 20 heteroatoms. The summed E-state index contributed by atoms with van der Waals surface area (Å²) >= 11 is 0. The summed E-state index contributed by atoms with van der Waals surface area (Å²) in [5.41, 5.74) is 4.05. The Labute approximate surface area is 469 Å². The number of nitrogens with one attached hydrogen (secondary N) is 4. The van der Waals surface area contributed by atoms with Crippen molar-refractivity contribution in [2.45, 2.75) is 84.2 Å². The number of carbonyl (C=O) groups is 5. The molecule has 0 saturated heterocycles. The maximum Gasteiger partial charge on any atom is 0.360 e. The number of phenols is 1. The summed E-state index contributed by atoms with van der Waals surface area (Å²) in [6.45, 7) is 9.49. The number of benzene rings is 5. The fraction of sp³-hybridized carbons (Fsp3) is 0.306. The van der Waals surface area contributed by atoms with Crippen LogP contribution in [0, 0.1) is 35.3 Å². The Kier molecular flexibility index (Phi) is 15.7. The zero-order valence-corrected chi connectivity index (χ0v) is 45.9. The van der Waals surface area contributed by atoms with Crippen LogP contribution in [0.3, 0.4) is 0 Å². The van der Waals surface area contributed by atoms with Crippen molar-refractivity contribution < 1.29 is 65.6 Å². The van der Waals surface area contributed by atoms with E-state index in [1.54, 1.807) is 30.5 Å². The number of rotatable bonds is 14. The van der Waals surface area contributed by atoms with Gasteiger partial charge in [-0.2, -0.15) is 0 Å². The number of ether oxygens (including phenoxy) is 4. The standard InChI is InChI=1S/C35H34FN3O7.C27H26FN3O5/c1-20(2)30(34-39-31(35(43)44-3)32(46-34)27-18-37-28-14-11-24(36)17-26(27)28)38-33(42)23(15-21-9-12-25(40)13-10-21)16-29(41)45-19-22-7-5-4-6-8-22;1-12(2)20-24-31-21(25(33)34-4)22(36-24)27-16-11-15(28)6-7-18(16)29-26(27)35-19-8-5-14(10-17(19)27)9-13(3)23(32)30-20/h4-14,17-18,20,23,30,37,40H,15-16,19H2,1-3H3,(H,38,42);5-8,10-13,20,26,29H,9H2,1-4H3,(H,30,32)/t;13?,20?,26-,27?/m.1/s1. The number of aromatic amines is 1. The van der Waals surface area contributed by atoms with Crippen LogP contribution in [0.15, 0.2) is 124 Å². The van der Waals surface area contributed by atoms with Crippen LogP contribution in [0.4, 0.5) is 14.5 Å². The number of fused-ring (bicyclic) bond motifs is 5. The summed E-state index contributed by atoms with van der Waals surface area (Å²) in [6.07, 6.45) is 1.33. The summed E-state index contributed by atoms with van der Waals surface area (Å²) in [5, 5.41) is 19.5. The van der Waals surface area contributed by atoms with E-state index in [0.29, 0.717) is 45.5 Å². The highest BCUT2D eigenvalue weighted by Crippen LogP contribution is 2.59. The van der Waals surface area contributed by atoms with Crippen LogP contribution in [-0.4, -0.2) is 70.2 Å². The average Bonchev–Trinajstić information content (AvgIpc) is 3.76. The molecule has 0 radical (unpaired) electrons. The van der Waals surface area contributed by atoms with Crippen LogP contribution in [0.25, 0.3) is 22.2 Å². The van der Waals surface area contributed by atoms with Crippen molar-refractivity contribution in [2.75, 3.05) is 19.5 Å². The molecule has 424 valence electrons. The quantitative estimate of drug-likeness (QED) is 0.0502. The third-order valence-corrected chi connectivity index (χ3v) is 15.0. The molecule has 8 aromatic rings. The number of carbonyl (C=O) groups excluding carboxylic acids is 5. The monoisotopic (exact) mass is 1120 g/mol. The summed E-state index contributed by atoms with van der Waals surface area (Å²) in [5.74, 6) is -3.93. The van der Waals surface area contributed by atoms with Gasteiger partial charge >= 0.3 is 17.9 Å². The van der Waals surface area contributed by atoms with Crippen molar-refractivity contribution >= 4 is 46.3 Å². The van der Waals surface area contributed by atoms with E-state index in [4.69, 9.17) is 27.8 Å². The molecule has 4 bridgehead atoms. The Bertz CT molecular complexity index is 3720. The zero-order chi connectivity index (χ0) is 58.1. The third-order valence-electron chi connectivity index (χ3n) is 15.0. The number of anilines is 1. The first kappa shape index (κ1) is 56.0. The number of halogens is 2. The molecule has 0 fully saturated rings. The van der Waals surface area contributed by atoms with E-state index >= 15 is 0 Å². The number of aromatic nitrogens is 3. The molecule has 2 amide bonds. The van der Waals surface area contributed by atoms with E-state index in [0.717, 1.165) is 16.7 Å². The SMILES string of the molecule is COC(=O)c1nc(C(NC(=O)C(CC(=O)OCc2ccccc2)Cc2ccc(O)cc2)C(C)C)oc1-c1c[nH]c2ccc(F)cc12.COC(=O)c1nc2oc1C13c4cc(F)ccc4N[C@@H]1Oc1ccc(cc13)CC(C)C(=O)NC2C(C)C. The van der Waals surface area contributed by atoms with Crippen LogP contribution in [0.1, 0.15) is 119 Å². The van der Waals surface area contributed by atoms with Gasteiger partial charge in [0, 0.05) is 45.4 Å². The van der Waals surface area contributed by atoms with E-state index in [2.05, 4.69) is 30.9 Å². The molecule has 0 aliphatic carbocycles. The van der Waals surface area contributed by atoms with E-state index in [1.165, 1.54) is 50.6 Å². The number of aromatic hydroxyl groups is 1. The molecule has 3 aliphatic heterocycles. The fourth-order valence-electron chi connectivity index (χ4n) is 10.7. The van der Waals surface area contributed by atoms with Crippen molar-refractivity contribution in [1.29, 1.82) is 0 Å². The first-order valence-electron chi connectivity index (χ1n) is 26.8. The first-order chi connectivity index (χ1) is 39.4. The van der Waals surface area contributed by atoms with Crippen molar-refractivity contribution in [2.24, 2.45) is 23.7 Å². The summed E-state index contributed by atoms with van der Waals surface area (Å²) in [6, 6.07) is 28.5. The van der Waals surface area contributed by atoms with E-state index < -0.39 is 65.1 Å². The van der Waals surface area contributed by atoms with Gasteiger partial charge in [-0.05, 0) is 96.0 Å². The van der Waals surface area contributed by atoms with Gasteiger partial charge < -0.3 is 53.8 Å². The van der Waals surface area contributed by atoms with Crippen LogP contribution in [0.5, 0.6) is 11.5 Å². The first-order valence-corrected chi connectivity index (χ1v) is 26.8. The smallest absolute Gasteiger partial charge is 0.360 e. The lowest BCUT2D eigenvalue weighted by Crippen LogP contribution is -2.41. The van der Waals surface area contributed by atoms with Crippen LogP contribution >= 0.6 is 0 Å². The number of H-pyrrole nitrogens is 1. The van der Waals surface area contributed by atoms with Crippen LogP contribution in [0.2, 0.25) is 0 Å². The van der Waals surface area contributed by atoms with Crippen molar-refractivity contribution in [1.82, 2.24) is 25.6 Å². The van der Waals surface area contributed by atoms with Gasteiger partial charge in [-0.15, -0.1) is 0 Å². The van der Waals surface area contributed by atoms with Crippen molar-refractivity contribution in [3.63, 3.8) is 0 Å². The molecule has 0 saturated carbocycles. The maximum atomic E-state index is 14.7. The number of oxazole rings is 2. The number of hydrogen-bond acceptors (Lipinski definition) is 15. The minimum absolute atomic E-state index is 0.0366. The number of hydrogen-bond donors (Lipinski definition) is 5. The Hall–Kier alpha value is -9.33.